The molecule has 0 N–H and O–H groups in total. The molecular weight excluding hydrogens is 427 g/mol. The molecule has 0 aliphatic carbocycles. The maximum Gasteiger partial charge on any atom is 0.276 e. The van der Waals surface area contributed by atoms with E-state index >= 15 is 0 Å². The normalized spacial score (nSPS) is 15.5. The van der Waals surface area contributed by atoms with Crippen molar-refractivity contribution in [3.63, 3.8) is 0 Å². The number of fused-ring (bicyclic) bond motifs is 3. The molecule has 1 fully saturated rings. The molecule has 4 aromatic rings. The lowest BCUT2D eigenvalue weighted by Crippen LogP contribution is -2.51. The molecule has 5 rings (SSSR count). The quantitative estimate of drug-likeness (QED) is 0.474. The second-order valence-electron chi connectivity index (χ2n) is 8.08. The first kappa shape index (κ1) is 20.6. The summed E-state index contributed by atoms with van der Waals surface area (Å²) in [6.45, 7) is 5.60. The Bertz CT molecular complexity index is 1390. The number of halogens is 1. The number of anilines is 1. The second-order valence-corrected chi connectivity index (χ2v) is 9.13. The van der Waals surface area contributed by atoms with Crippen LogP contribution in [0.1, 0.15) is 18.7 Å². The average Bonchev–Trinajstić information content (AvgIpc) is 3.22. The molecule has 2 aromatic heterocycles. The molecule has 0 spiro atoms. The number of benzene rings is 2. The SMILES string of the molecule is Cc1nn([C@@H](C)C(=O)N2CCN(c3ccccc3F)CC2)c(=O)c2c1sc1ccccc12. The van der Waals surface area contributed by atoms with E-state index in [4.69, 9.17) is 0 Å². The number of aryl methyl sites for hydroxylation is 1. The first-order valence-corrected chi connectivity index (χ1v) is 11.5. The number of para-hydroxylation sites is 1. The number of rotatable bonds is 3. The van der Waals surface area contributed by atoms with Gasteiger partial charge >= 0.3 is 0 Å². The van der Waals surface area contributed by atoms with Crippen LogP contribution in [0.25, 0.3) is 20.2 Å². The largest absolute Gasteiger partial charge is 0.366 e. The van der Waals surface area contributed by atoms with Crippen molar-refractivity contribution < 1.29 is 9.18 Å². The number of hydrogen-bond acceptors (Lipinski definition) is 5. The van der Waals surface area contributed by atoms with Gasteiger partial charge in [0.1, 0.15) is 11.9 Å². The molecule has 6 nitrogen and oxygen atoms in total. The van der Waals surface area contributed by atoms with Crippen LogP contribution >= 0.6 is 11.3 Å². The Balaban J connectivity index is 1.41. The van der Waals surface area contributed by atoms with Gasteiger partial charge in [-0.2, -0.15) is 5.10 Å². The number of nitrogens with zero attached hydrogens (tertiary/aromatic N) is 4. The van der Waals surface area contributed by atoms with E-state index in [1.807, 2.05) is 42.2 Å². The molecule has 1 aliphatic heterocycles. The molecular formula is C24H23FN4O2S. The van der Waals surface area contributed by atoms with Crippen LogP contribution in [0.5, 0.6) is 0 Å². The number of hydrogen-bond donors (Lipinski definition) is 0. The fraction of sp³-hybridized carbons (Fsp3) is 0.292. The Morgan fingerprint density at radius 2 is 1.75 bits per heavy atom. The van der Waals surface area contributed by atoms with E-state index in [0.717, 1.165) is 20.5 Å². The van der Waals surface area contributed by atoms with Crippen LogP contribution in [0.2, 0.25) is 0 Å². The predicted octanol–water partition coefficient (Wildman–Crippen LogP) is 3.97. The van der Waals surface area contributed by atoms with Gasteiger partial charge in [0.15, 0.2) is 0 Å². The van der Waals surface area contributed by atoms with Gasteiger partial charge in [-0.1, -0.05) is 30.3 Å². The highest BCUT2D eigenvalue weighted by atomic mass is 32.1. The second kappa shape index (κ2) is 8.02. The first-order chi connectivity index (χ1) is 15.5. The maximum atomic E-state index is 14.1. The molecule has 1 aliphatic rings. The fourth-order valence-electron chi connectivity index (χ4n) is 4.39. The van der Waals surface area contributed by atoms with Gasteiger partial charge in [-0.25, -0.2) is 9.07 Å². The Kier molecular flexibility index (Phi) is 5.17. The van der Waals surface area contributed by atoms with Gasteiger partial charge in [-0.05, 0) is 32.0 Å². The van der Waals surface area contributed by atoms with E-state index in [-0.39, 0.29) is 17.3 Å². The highest BCUT2D eigenvalue weighted by Crippen LogP contribution is 2.33. The fourth-order valence-corrected chi connectivity index (χ4v) is 5.52. The standard InChI is InChI=1S/C24H23FN4O2S/c1-15-22-21(17-7-3-6-10-20(17)32-22)24(31)29(26-15)16(2)23(30)28-13-11-27(12-14-28)19-9-5-4-8-18(19)25/h3-10,16H,11-14H2,1-2H3/t16-/m0/s1. The Hall–Kier alpha value is -3.26. The van der Waals surface area contributed by atoms with Gasteiger partial charge in [0.05, 0.1) is 21.5 Å². The van der Waals surface area contributed by atoms with Crippen LogP contribution in [0.3, 0.4) is 0 Å². The molecule has 3 heterocycles. The average molecular weight is 451 g/mol. The third-order valence-corrected chi connectivity index (χ3v) is 7.39. The summed E-state index contributed by atoms with van der Waals surface area (Å²) in [4.78, 5) is 30.3. The lowest BCUT2D eigenvalue weighted by molar-refractivity contribution is -0.135. The molecule has 0 bridgehead atoms. The van der Waals surface area contributed by atoms with E-state index in [1.165, 1.54) is 10.7 Å². The summed E-state index contributed by atoms with van der Waals surface area (Å²) in [6.07, 6.45) is 0. The Morgan fingerprint density at radius 3 is 2.50 bits per heavy atom. The first-order valence-electron chi connectivity index (χ1n) is 10.6. The van der Waals surface area contributed by atoms with Crippen molar-refractivity contribution >= 4 is 43.1 Å². The van der Waals surface area contributed by atoms with Crippen LogP contribution in [0, 0.1) is 12.7 Å². The molecule has 32 heavy (non-hydrogen) atoms. The molecule has 0 saturated carbocycles. The highest BCUT2D eigenvalue weighted by molar-refractivity contribution is 7.26. The van der Waals surface area contributed by atoms with Crippen LogP contribution in [0.15, 0.2) is 53.3 Å². The molecule has 2 aromatic carbocycles. The summed E-state index contributed by atoms with van der Waals surface area (Å²) in [5.41, 5.74) is 1.05. The number of piperazine rings is 1. The topological polar surface area (TPSA) is 58.4 Å². The predicted molar refractivity (Wildman–Crippen MR) is 126 cm³/mol. The van der Waals surface area contributed by atoms with Crippen molar-refractivity contribution in [1.82, 2.24) is 14.7 Å². The molecule has 164 valence electrons. The summed E-state index contributed by atoms with van der Waals surface area (Å²) in [5.74, 6) is -0.408. The van der Waals surface area contributed by atoms with Crippen molar-refractivity contribution in [1.29, 1.82) is 0 Å². The van der Waals surface area contributed by atoms with Crippen LogP contribution in [-0.4, -0.2) is 46.8 Å². The number of aromatic nitrogens is 2. The summed E-state index contributed by atoms with van der Waals surface area (Å²) in [7, 11) is 0. The molecule has 1 amide bonds. The van der Waals surface area contributed by atoms with Crippen LogP contribution in [0.4, 0.5) is 10.1 Å². The van der Waals surface area contributed by atoms with Gasteiger partial charge in [0.25, 0.3) is 5.56 Å². The van der Waals surface area contributed by atoms with Crippen molar-refractivity contribution in [2.24, 2.45) is 0 Å². The smallest absolute Gasteiger partial charge is 0.276 e. The zero-order chi connectivity index (χ0) is 22.4. The van der Waals surface area contributed by atoms with Crippen LogP contribution < -0.4 is 10.5 Å². The highest BCUT2D eigenvalue weighted by Gasteiger charge is 2.29. The van der Waals surface area contributed by atoms with Crippen molar-refractivity contribution in [3.05, 3.63) is 70.4 Å². The number of carbonyl (C=O) groups is 1. The van der Waals surface area contributed by atoms with E-state index < -0.39 is 6.04 Å². The minimum Gasteiger partial charge on any atom is -0.366 e. The zero-order valence-corrected chi connectivity index (χ0v) is 18.7. The van der Waals surface area contributed by atoms with E-state index in [0.29, 0.717) is 37.3 Å². The summed E-state index contributed by atoms with van der Waals surface area (Å²) in [5, 5.41) is 6.02. The van der Waals surface area contributed by atoms with E-state index in [2.05, 4.69) is 5.10 Å². The lowest BCUT2D eigenvalue weighted by Gasteiger charge is -2.37. The van der Waals surface area contributed by atoms with Crippen LogP contribution in [-0.2, 0) is 4.79 Å². The number of carbonyl (C=O) groups excluding carboxylic acids is 1. The number of thiophene rings is 1. The summed E-state index contributed by atoms with van der Waals surface area (Å²) in [6, 6.07) is 13.7. The molecule has 0 radical (unpaired) electrons. The monoisotopic (exact) mass is 450 g/mol. The molecule has 8 heteroatoms. The molecule has 1 atom stereocenters. The third-order valence-electron chi connectivity index (χ3n) is 6.11. The minimum absolute atomic E-state index is 0.147. The number of amides is 1. The lowest BCUT2D eigenvalue weighted by atomic mass is 10.1. The molecule has 1 saturated heterocycles. The van der Waals surface area contributed by atoms with E-state index in [1.54, 1.807) is 35.3 Å². The zero-order valence-electron chi connectivity index (χ0n) is 17.9. The summed E-state index contributed by atoms with van der Waals surface area (Å²) < 4.78 is 17.3. The van der Waals surface area contributed by atoms with Gasteiger partial charge in [0, 0.05) is 36.3 Å². The third kappa shape index (κ3) is 3.35. The Labute approximate surface area is 188 Å². The van der Waals surface area contributed by atoms with Crippen molar-refractivity contribution in [2.45, 2.75) is 19.9 Å². The van der Waals surface area contributed by atoms with Gasteiger partial charge in [-0.3, -0.25) is 9.59 Å². The van der Waals surface area contributed by atoms with Crippen molar-refractivity contribution in [2.75, 3.05) is 31.1 Å². The Morgan fingerprint density at radius 1 is 1.06 bits per heavy atom. The van der Waals surface area contributed by atoms with E-state index in [9.17, 15) is 14.0 Å². The maximum absolute atomic E-state index is 14.1. The van der Waals surface area contributed by atoms with Gasteiger partial charge in [-0.15, -0.1) is 11.3 Å². The molecule has 0 unspecified atom stereocenters. The van der Waals surface area contributed by atoms with Gasteiger partial charge in [0.2, 0.25) is 5.91 Å². The van der Waals surface area contributed by atoms with Crippen molar-refractivity contribution in [3.8, 4) is 0 Å². The minimum atomic E-state index is -0.718. The van der Waals surface area contributed by atoms with Gasteiger partial charge < -0.3 is 9.80 Å². The summed E-state index contributed by atoms with van der Waals surface area (Å²) >= 11 is 1.55.